The second kappa shape index (κ2) is 4.90. The molecule has 0 bridgehead atoms. The zero-order valence-electron chi connectivity index (χ0n) is 11.5. The number of nitrogens with zero attached hydrogens (tertiary/aromatic N) is 2. The summed E-state index contributed by atoms with van der Waals surface area (Å²) in [6, 6.07) is 5.57. The number of rotatable bonds is 3. The van der Waals surface area contributed by atoms with Crippen molar-refractivity contribution in [3.63, 3.8) is 0 Å². The van der Waals surface area contributed by atoms with E-state index in [0.29, 0.717) is 17.2 Å². The van der Waals surface area contributed by atoms with E-state index < -0.39 is 11.7 Å². The second-order valence-electron chi connectivity index (χ2n) is 5.51. The lowest BCUT2D eigenvalue weighted by molar-refractivity contribution is -0.114. The fourth-order valence-electron chi connectivity index (χ4n) is 3.05. The third-order valence-electron chi connectivity index (χ3n) is 4.27. The molecule has 0 aromatic heterocycles. The van der Waals surface area contributed by atoms with E-state index in [0.717, 1.165) is 31.6 Å². The number of Topliss-reactive ketones (excluding diaryl/α,β-unsaturated/α-hetero) is 1. The number of anilines is 2. The Balaban J connectivity index is 1.84. The van der Waals surface area contributed by atoms with Gasteiger partial charge in [-0.05, 0) is 37.0 Å². The number of benzene rings is 1. The van der Waals surface area contributed by atoms with Gasteiger partial charge in [-0.1, -0.05) is 0 Å². The summed E-state index contributed by atoms with van der Waals surface area (Å²) in [5.74, 6) is -0.361. The molecule has 5 nitrogen and oxygen atoms in total. The Morgan fingerprint density at radius 3 is 2.90 bits per heavy atom. The van der Waals surface area contributed by atoms with Gasteiger partial charge in [0.15, 0.2) is 0 Å². The van der Waals surface area contributed by atoms with Gasteiger partial charge >= 0.3 is 0 Å². The zero-order chi connectivity index (χ0) is 14.3. The van der Waals surface area contributed by atoms with E-state index in [9.17, 15) is 9.59 Å². The molecular weight excluding hydrogens is 256 g/mol. The smallest absolute Gasteiger partial charge is 0.299 e. The Kier molecular flexibility index (Phi) is 3.22. The Morgan fingerprint density at radius 2 is 2.15 bits per heavy atom. The molecular formula is C15H18N2O3. The minimum atomic E-state index is -0.461. The summed E-state index contributed by atoms with van der Waals surface area (Å²) in [7, 11) is 1.63. The quantitative estimate of drug-likeness (QED) is 0.837. The van der Waals surface area contributed by atoms with Gasteiger partial charge in [-0.15, -0.1) is 0 Å². The van der Waals surface area contributed by atoms with Crippen molar-refractivity contribution in [1.29, 1.82) is 0 Å². The summed E-state index contributed by atoms with van der Waals surface area (Å²) in [4.78, 5) is 27.1. The first-order valence-corrected chi connectivity index (χ1v) is 6.94. The Morgan fingerprint density at radius 1 is 1.35 bits per heavy atom. The van der Waals surface area contributed by atoms with Gasteiger partial charge in [-0.25, -0.2) is 0 Å². The molecule has 1 unspecified atom stereocenters. The van der Waals surface area contributed by atoms with Gasteiger partial charge in [0, 0.05) is 32.4 Å². The second-order valence-corrected chi connectivity index (χ2v) is 5.51. The van der Waals surface area contributed by atoms with Crippen LogP contribution in [0, 0.1) is 5.92 Å². The normalized spacial score (nSPS) is 21.8. The van der Waals surface area contributed by atoms with Crippen LogP contribution in [-0.4, -0.2) is 43.5 Å². The molecule has 0 radical (unpaired) electrons. The fourth-order valence-corrected chi connectivity index (χ4v) is 3.05. The number of ketones is 1. The predicted molar refractivity (Wildman–Crippen MR) is 76.2 cm³/mol. The number of hydrogen-bond acceptors (Lipinski definition) is 4. The summed E-state index contributed by atoms with van der Waals surface area (Å²) in [6.45, 7) is 2.11. The van der Waals surface area contributed by atoms with E-state index >= 15 is 0 Å². The van der Waals surface area contributed by atoms with Crippen LogP contribution in [0.3, 0.4) is 0 Å². The highest BCUT2D eigenvalue weighted by atomic mass is 16.3. The minimum Gasteiger partial charge on any atom is -0.396 e. The molecule has 1 N–H and O–H groups in total. The number of carbonyl (C=O) groups is 2. The molecule has 2 aliphatic heterocycles. The van der Waals surface area contributed by atoms with Gasteiger partial charge in [0.1, 0.15) is 0 Å². The lowest BCUT2D eigenvalue weighted by Gasteiger charge is -2.20. The fraction of sp³-hybridized carbons (Fsp3) is 0.467. The minimum absolute atomic E-state index is 0.231. The van der Waals surface area contributed by atoms with Crippen molar-refractivity contribution in [2.24, 2.45) is 5.92 Å². The van der Waals surface area contributed by atoms with Crippen LogP contribution < -0.4 is 9.80 Å². The maximum atomic E-state index is 11.7. The molecule has 3 rings (SSSR count). The topological polar surface area (TPSA) is 60.9 Å². The van der Waals surface area contributed by atoms with Crippen molar-refractivity contribution in [3.05, 3.63) is 23.8 Å². The molecule has 2 heterocycles. The summed E-state index contributed by atoms with van der Waals surface area (Å²) >= 11 is 0. The predicted octanol–water partition coefficient (Wildman–Crippen LogP) is 1.05. The molecule has 0 spiro atoms. The average molecular weight is 274 g/mol. The number of fused-ring (bicyclic) bond motifs is 1. The van der Waals surface area contributed by atoms with Crippen LogP contribution >= 0.6 is 0 Å². The third-order valence-corrected chi connectivity index (χ3v) is 4.27. The van der Waals surface area contributed by atoms with Crippen LogP contribution in [0.1, 0.15) is 23.2 Å². The Hall–Kier alpha value is -1.88. The van der Waals surface area contributed by atoms with Crippen molar-refractivity contribution in [1.82, 2.24) is 0 Å². The molecule has 106 valence electrons. The molecule has 0 aliphatic carbocycles. The molecule has 0 saturated carbocycles. The van der Waals surface area contributed by atoms with Crippen LogP contribution in [0.5, 0.6) is 0 Å². The molecule has 20 heavy (non-hydrogen) atoms. The number of carbonyl (C=O) groups excluding carboxylic acids is 2. The molecule has 1 amide bonds. The molecule has 2 aliphatic rings. The van der Waals surface area contributed by atoms with E-state index in [4.69, 9.17) is 5.11 Å². The molecule has 1 aromatic carbocycles. The highest BCUT2D eigenvalue weighted by Crippen LogP contribution is 2.34. The SMILES string of the molecule is CN1C(=O)C(=O)c2ccc(N3CCC(CCO)C3)cc21. The van der Waals surface area contributed by atoms with Crippen LogP contribution in [0.2, 0.25) is 0 Å². The highest BCUT2D eigenvalue weighted by Gasteiger charge is 2.34. The monoisotopic (exact) mass is 274 g/mol. The maximum Gasteiger partial charge on any atom is 0.299 e. The van der Waals surface area contributed by atoms with E-state index in [1.54, 1.807) is 13.1 Å². The van der Waals surface area contributed by atoms with Crippen LogP contribution in [0.15, 0.2) is 18.2 Å². The number of aliphatic hydroxyl groups is 1. The zero-order valence-corrected chi connectivity index (χ0v) is 11.5. The number of aliphatic hydroxyl groups excluding tert-OH is 1. The number of amides is 1. The molecule has 1 aromatic rings. The van der Waals surface area contributed by atoms with Crippen molar-refractivity contribution in [2.45, 2.75) is 12.8 Å². The summed E-state index contributed by atoms with van der Waals surface area (Å²) in [5, 5.41) is 9.00. The molecule has 1 fully saturated rings. The first-order chi connectivity index (χ1) is 9.61. The first kappa shape index (κ1) is 13.1. The van der Waals surface area contributed by atoms with Gasteiger partial charge < -0.3 is 14.9 Å². The summed E-state index contributed by atoms with van der Waals surface area (Å²) < 4.78 is 0. The Bertz CT molecular complexity index is 570. The molecule has 1 atom stereocenters. The van der Waals surface area contributed by atoms with Gasteiger partial charge in [-0.3, -0.25) is 9.59 Å². The van der Waals surface area contributed by atoms with E-state index in [1.165, 1.54) is 4.90 Å². The van der Waals surface area contributed by atoms with E-state index in [2.05, 4.69) is 4.90 Å². The van der Waals surface area contributed by atoms with Crippen molar-refractivity contribution in [2.75, 3.05) is 36.5 Å². The lowest BCUT2D eigenvalue weighted by atomic mass is 10.1. The van der Waals surface area contributed by atoms with Crippen LogP contribution in [-0.2, 0) is 4.79 Å². The van der Waals surface area contributed by atoms with Gasteiger partial charge in [0.2, 0.25) is 0 Å². The largest absolute Gasteiger partial charge is 0.396 e. The standard InChI is InChI=1S/C15H18N2O3/c1-16-13-8-11(2-3-12(13)14(19)15(16)20)17-6-4-10(9-17)5-7-18/h2-3,8,10,18H,4-7,9H2,1H3. The molecule has 1 saturated heterocycles. The molecule has 5 heteroatoms. The maximum absolute atomic E-state index is 11.7. The van der Waals surface area contributed by atoms with E-state index in [1.807, 2.05) is 12.1 Å². The average Bonchev–Trinajstić information content (AvgIpc) is 3.00. The van der Waals surface area contributed by atoms with Crippen LogP contribution in [0.4, 0.5) is 11.4 Å². The van der Waals surface area contributed by atoms with Gasteiger partial charge in [0.05, 0.1) is 11.3 Å². The van der Waals surface area contributed by atoms with Crippen molar-refractivity contribution >= 4 is 23.1 Å². The van der Waals surface area contributed by atoms with Crippen molar-refractivity contribution in [3.8, 4) is 0 Å². The highest BCUT2D eigenvalue weighted by molar-refractivity contribution is 6.52. The third kappa shape index (κ3) is 1.98. The van der Waals surface area contributed by atoms with E-state index in [-0.39, 0.29) is 6.61 Å². The number of hydrogen-bond donors (Lipinski definition) is 1. The van der Waals surface area contributed by atoms with Crippen molar-refractivity contribution < 1.29 is 14.7 Å². The van der Waals surface area contributed by atoms with Gasteiger partial charge in [0.25, 0.3) is 11.7 Å². The lowest BCUT2D eigenvalue weighted by Crippen LogP contribution is -2.25. The van der Waals surface area contributed by atoms with Gasteiger partial charge in [-0.2, -0.15) is 0 Å². The summed E-state index contributed by atoms with van der Waals surface area (Å²) in [6.07, 6.45) is 1.91. The Labute approximate surface area is 117 Å². The summed E-state index contributed by atoms with van der Waals surface area (Å²) in [5.41, 5.74) is 2.23. The van der Waals surface area contributed by atoms with Crippen LogP contribution in [0.25, 0.3) is 0 Å². The first-order valence-electron chi connectivity index (χ1n) is 6.94. The number of likely N-dealkylation sites (N-methyl/N-ethyl adjacent to an activating group) is 1.